The van der Waals surface area contributed by atoms with Gasteiger partial charge in [-0.1, -0.05) is 29.8 Å². The zero-order valence-corrected chi connectivity index (χ0v) is 21.9. The highest BCUT2D eigenvalue weighted by atomic mass is 35.5. The van der Waals surface area contributed by atoms with Gasteiger partial charge in [0.05, 0.1) is 36.4 Å². The molecule has 3 fully saturated rings. The highest BCUT2D eigenvalue weighted by Gasteiger charge is 2.68. The topological polar surface area (TPSA) is 71.1 Å². The van der Waals surface area contributed by atoms with Gasteiger partial charge >= 0.3 is 6.09 Å². The van der Waals surface area contributed by atoms with Gasteiger partial charge in [-0.25, -0.2) is 9.18 Å². The monoisotopic (exact) mass is 527 g/mol. The van der Waals surface area contributed by atoms with Crippen LogP contribution < -0.4 is 5.32 Å². The van der Waals surface area contributed by atoms with Gasteiger partial charge in [-0.3, -0.25) is 15.0 Å². The van der Waals surface area contributed by atoms with E-state index in [1.807, 2.05) is 4.90 Å². The molecule has 1 spiro atoms. The fourth-order valence-corrected chi connectivity index (χ4v) is 5.85. The first-order chi connectivity index (χ1) is 17.5. The van der Waals surface area contributed by atoms with Crippen molar-refractivity contribution in [2.75, 3.05) is 31.6 Å². The van der Waals surface area contributed by atoms with Gasteiger partial charge in [-0.2, -0.15) is 0 Å². The van der Waals surface area contributed by atoms with Crippen LogP contribution in [0.3, 0.4) is 0 Å². The van der Waals surface area contributed by atoms with Gasteiger partial charge in [0.1, 0.15) is 11.4 Å². The fraction of sp³-hybridized carbons (Fsp3) is 0.429. The van der Waals surface area contributed by atoms with Crippen LogP contribution >= 0.6 is 11.6 Å². The van der Waals surface area contributed by atoms with E-state index in [0.717, 1.165) is 18.7 Å². The summed E-state index contributed by atoms with van der Waals surface area (Å²) in [5, 5.41) is 3.18. The van der Waals surface area contributed by atoms with Gasteiger partial charge < -0.3 is 14.4 Å². The normalized spacial score (nSPS) is 25.1. The molecule has 0 radical (unpaired) electrons. The molecule has 3 heterocycles. The molecule has 2 aromatic carbocycles. The van der Waals surface area contributed by atoms with Crippen LogP contribution in [0.2, 0.25) is 5.02 Å². The molecule has 5 rings (SSSR count). The minimum Gasteiger partial charge on any atom is -0.444 e. The third-order valence-electron chi connectivity index (χ3n) is 7.22. The van der Waals surface area contributed by atoms with Crippen molar-refractivity contribution in [1.82, 2.24) is 9.80 Å². The molecule has 3 aliphatic heterocycles. The molecule has 9 heteroatoms. The standard InChI is InChI=1S/C28H31ClFN3O4/c1-27(2,3)37-26(35)31-22-12-20(29)8-6-19(22)7-11-25(34)33-23-14-32(13-18-4-9-21(30)10-5-18)16-28(23)17-36-15-24(28)33/h4-12,23-24H,13-17H2,1-3H3,(H,31,35)/b11-7+. The summed E-state index contributed by atoms with van der Waals surface area (Å²) >= 11 is 6.15. The van der Waals surface area contributed by atoms with Gasteiger partial charge in [-0.05, 0) is 62.2 Å². The van der Waals surface area contributed by atoms with Crippen LogP contribution in [0.5, 0.6) is 0 Å². The Kier molecular flexibility index (Phi) is 6.77. The predicted octanol–water partition coefficient (Wildman–Crippen LogP) is 4.95. The van der Waals surface area contributed by atoms with E-state index in [4.69, 9.17) is 21.1 Å². The van der Waals surface area contributed by atoms with Gasteiger partial charge in [0, 0.05) is 30.7 Å². The highest BCUT2D eigenvalue weighted by Crippen LogP contribution is 2.53. The molecule has 1 N–H and O–H groups in total. The van der Waals surface area contributed by atoms with E-state index in [1.54, 1.807) is 57.2 Å². The minimum atomic E-state index is -0.645. The van der Waals surface area contributed by atoms with E-state index in [0.29, 0.717) is 36.0 Å². The number of nitrogens with zero attached hydrogens (tertiary/aromatic N) is 2. The lowest BCUT2D eigenvalue weighted by Gasteiger charge is -2.55. The number of likely N-dealkylation sites (tertiary alicyclic amines) is 2. The Bertz CT molecular complexity index is 1230. The average molecular weight is 528 g/mol. The van der Waals surface area contributed by atoms with Gasteiger partial charge in [0.15, 0.2) is 0 Å². The number of hydrogen-bond donors (Lipinski definition) is 1. The summed E-state index contributed by atoms with van der Waals surface area (Å²) in [4.78, 5) is 29.9. The number of benzene rings is 2. The highest BCUT2D eigenvalue weighted by molar-refractivity contribution is 6.31. The van der Waals surface area contributed by atoms with Crippen LogP contribution in [-0.2, 0) is 20.8 Å². The molecule has 3 aliphatic rings. The zero-order chi connectivity index (χ0) is 26.4. The molecule has 7 nitrogen and oxygen atoms in total. The second-order valence-electron chi connectivity index (χ2n) is 11.0. The van der Waals surface area contributed by atoms with Crippen molar-refractivity contribution in [3.63, 3.8) is 0 Å². The Morgan fingerprint density at radius 1 is 1.22 bits per heavy atom. The number of ether oxygens (including phenoxy) is 2. The van der Waals surface area contributed by atoms with Crippen molar-refractivity contribution in [3.8, 4) is 0 Å². The van der Waals surface area contributed by atoms with E-state index in [1.165, 1.54) is 18.2 Å². The Balaban J connectivity index is 1.28. The number of rotatable bonds is 5. The third kappa shape index (κ3) is 5.23. The molecule has 2 amide bonds. The first kappa shape index (κ1) is 25.7. The number of carbonyl (C=O) groups is 2. The van der Waals surface area contributed by atoms with Crippen LogP contribution in [0, 0.1) is 11.2 Å². The molecule has 0 bridgehead atoms. The molecule has 2 aromatic rings. The summed E-state index contributed by atoms with van der Waals surface area (Å²) < 4.78 is 24.5. The van der Waals surface area contributed by atoms with Gasteiger partial charge in [0.25, 0.3) is 0 Å². The first-order valence-corrected chi connectivity index (χ1v) is 12.8. The lowest BCUT2D eigenvalue weighted by atomic mass is 9.68. The van der Waals surface area contributed by atoms with Crippen molar-refractivity contribution in [3.05, 3.63) is 70.5 Å². The predicted molar refractivity (Wildman–Crippen MR) is 140 cm³/mol. The summed E-state index contributed by atoms with van der Waals surface area (Å²) in [6.07, 6.45) is 2.62. The summed E-state index contributed by atoms with van der Waals surface area (Å²) in [5.74, 6) is -0.347. The number of anilines is 1. The number of carbonyl (C=O) groups excluding carboxylic acids is 2. The Morgan fingerprint density at radius 2 is 1.97 bits per heavy atom. The van der Waals surface area contributed by atoms with Crippen LogP contribution in [0.4, 0.5) is 14.9 Å². The third-order valence-corrected chi connectivity index (χ3v) is 7.46. The number of amides is 2. The second-order valence-corrected chi connectivity index (χ2v) is 11.4. The fourth-order valence-electron chi connectivity index (χ4n) is 5.68. The van der Waals surface area contributed by atoms with Crippen molar-refractivity contribution in [2.45, 2.75) is 45.0 Å². The molecular formula is C28H31ClFN3O4. The van der Waals surface area contributed by atoms with Crippen LogP contribution in [-0.4, -0.2) is 65.8 Å². The van der Waals surface area contributed by atoms with Crippen molar-refractivity contribution < 1.29 is 23.5 Å². The van der Waals surface area contributed by atoms with Crippen LogP contribution in [0.25, 0.3) is 6.08 Å². The summed E-state index contributed by atoms with van der Waals surface area (Å²) in [5.41, 5.74) is 1.43. The Labute approximate surface area is 221 Å². The largest absolute Gasteiger partial charge is 0.444 e. The van der Waals surface area contributed by atoms with E-state index < -0.39 is 11.7 Å². The maximum atomic E-state index is 13.4. The zero-order valence-electron chi connectivity index (χ0n) is 21.2. The molecule has 0 saturated carbocycles. The van der Waals surface area contributed by atoms with Crippen molar-refractivity contribution in [1.29, 1.82) is 0 Å². The summed E-state index contributed by atoms with van der Waals surface area (Å²) in [6.45, 7) is 8.80. The van der Waals surface area contributed by atoms with E-state index >= 15 is 0 Å². The molecule has 3 atom stereocenters. The van der Waals surface area contributed by atoms with E-state index in [-0.39, 0.29) is 29.2 Å². The lowest BCUT2D eigenvalue weighted by molar-refractivity contribution is -0.150. The average Bonchev–Trinajstić information content (AvgIpc) is 3.30. The van der Waals surface area contributed by atoms with Crippen molar-refractivity contribution >= 4 is 35.4 Å². The van der Waals surface area contributed by atoms with Gasteiger partial charge in [0.2, 0.25) is 5.91 Å². The molecule has 3 unspecified atom stereocenters. The molecular weight excluding hydrogens is 497 g/mol. The van der Waals surface area contributed by atoms with Gasteiger partial charge in [-0.15, -0.1) is 0 Å². The Hall–Kier alpha value is -2.94. The second kappa shape index (κ2) is 9.74. The minimum absolute atomic E-state index is 0.0254. The number of hydrogen-bond acceptors (Lipinski definition) is 5. The van der Waals surface area contributed by atoms with E-state index in [9.17, 15) is 14.0 Å². The van der Waals surface area contributed by atoms with Crippen LogP contribution in [0.1, 0.15) is 31.9 Å². The molecule has 196 valence electrons. The first-order valence-electron chi connectivity index (χ1n) is 12.4. The van der Waals surface area contributed by atoms with Crippen molar-refractivity contribution in [2.24, 2.45) is 5.41 Å². The quantitative estimate of drug-likeness (QED) is 0.557. The smallest absolute Gasteiger partial charge is 0.412 e. The molecule has 37 heavy (non-hydrogen) atoms. The summed E-state index contributed by atoms with van der Waals surface area (Å²) in [7, 11) is 0. The molecule has 3 saturated heterocycles. The number of nitrogens with one attached hydrogen (secondary N) is 1. The Morgan fingerprint density at radius 3 is 2.70 bits per heavy atom. The molecule has 0 aromatic heterocycles. The number of halogens is 2. The SMILES string of the molecule is CC(C)(C)OC(=O)Nc1cc(Cl)ccc1/C=C/C(=O)N1C2COCC23CN(Cc2ccc(F)cc2)CC13. The molecule has 0 aliphatic carbocycles. The van der Waals surface area contributed by atoms with E-state index in [2.05, 4.69) is 10.2 Å². The lowest BCUT2D eigenvalue weighted by Crippen LogP contribution is -2.72. The maximum absolute atomic E-state index is 13.4. The maximum Gasteiger partial charge on any atom is 0.412 e. The van der Waals surface area contributed by atoms with Crippen LogP contribution in [0.15, 0.2) is 48.5 Å². The summed E-state index contributed by atoms with van der Waals surface area (Å²) in [6, 6.07) is 11.7.